The van der Waals surface area contributed by atoms with Crippen LogP contribution in [0.3, 0.4) is 0 Å². The summed E-state index contributed by atoms with van der Waals surface area (Å²) < 4.78 is 9.57. The number of halogens is 1. The van der Waals surface area contributed by atoms with Crippen LogP contribution >= 0.6 is 23.4 Å². The van der Waals surface area contributed by atoms with E-state index in [0.29, 0.717) is 17.5 Å². The SMILES string of the molecule is Cn1c(Cl)cnc1CSc1nnc(N2CCCCC2)n1Cc1ccco1. The lowest BCUT2D eigenvalue weighted by Crippen LogP contribution is -2.32. The van der Waals surface area contributed by atoms with Crippen LogP contribution in [0.25, 0.3) is 0 Å². The van der Waals surface area contributed by atoms with Crippen molar-refractivity contribution in [3.8, 4) is 0 Å². The Balaban J connectivity index is 1.58. The second kappa shape index (κ2) is 7.75. The van der Waals surface area contributed by atoms with Crippen LogP contribution in [0, 0.1) is 0 Å². The van der Waals surface area contributed by atoms with E-state index >= 15 is 0 Å². The van der Waals surface area contributed by atoms with E-state index in [-0.39, 0.29) is 0 Å². The standard InChI is InChI=1S/C17H21ClN6OS/c1-22-14(18)10-19-15(22)12-26-17-21-20-16(23-7-3-2-4-8-23)24(17)11-13-6-5-9-25-13/h5-6,9-10H,2-4,7-8,11-12H2,1H3. The summed E-state index contributed by atoms with van der Waals surface area (Å²) in [7, 11) is 1.91. The topological polar surface area (TPSA) is 64.9 Å². The van der Waals surface area contributed by atoms with Gasteiger partial charge in [-0.2, -0.15) is 0 Å². The summed E-state index contributed by atoms with van der Waals surface area (Å²) in [5.41, 5.74) is 0. The van der Waals surface area contributed by atoms with Gasteiger partial charge in [0.1, 0.15) is 16.7 Å². The van der Waals surface area contributed by atoms with Crippen molar-refractivity contribution in [2.24, 2.45) is 7.05 Å². The van der Waals surface area contributed by atoms with E-state index in [1.165, 1.54) is 19.3 Å². The molecule has 0 spiro atoms. The molecular formula is C17H21ClN6OS. The lowest BCUT2D eigenvalue weighted by molar-refractivity contribution is 0.479. The summed E-state index contributed by atoms with van der Waals surface area (Å²) in [6.45, 7) is 2.67. The summed E-state index contributed by atoms with van der Waals surface area (Å²) >= 11 is 7.70. The second-order valence-electron chi connectivity index (χ2n) is 6.34. The summed E-state index contributed by atoms with van der Waals surface area (Å²) in [5, 5.41) is 10.4. The number of nitrogens with zero attached hydrogens (tertiary/aromatic N) is 6. The molecule has 1 saturated heterocycles. The van der Waals surface area contributed by atoms with Gasteiger partial charge in [-0.1, -0.05) is 23.4 Å². The maximum Gasteiger partial charge on any atom is 0.228 e. The molecular weight excluding hydrogens is 372 g/mol. The van der Waals surface area contributed by atoms with Gasteiger partial charge in [-0.25, -0.2) is 4.98 Å². The third kappa shape index (κ3) is 3.61. The minimum atomic E-state index is 0.621. The van der Waals surface area contributed by atoms with E-state index < -0.39 is 0 Å². The molecule has 26 heavy (non-hydrogen) atoms. The molecule has 9 heteroatoms. The summed E-state index contributed by atoms with van der Waals surface area (Å²) in [6.07, 6.45) is 7.04. The van der Waals surface area contributed by atoms with Crippen molar-refractivity contribution in [2.75, 3.05) is 18.0 Å². The Morgan fingerprint density at radius 3 is 2.77 bits per heavy atom. The maximum absolute atomic E-state index is 6.08. The van der Waals surface area contributed by atoms with E-state index in [1.807, 2.05) is 23.7 Å². The molecule has 1 aliphatic heterocycles. The minimum Gasteiger partial charge on any atom is -0.467 e. The number of piperidine rings is 1. The third-order valence-electron chi connectivity index (χ3n) is 4.59. The zero-order valence-corrected chi connectivity index (χ0v) is 16.2. The van der Waals surface area contributed by atoms with Crippen LogP contribution in [0.1, 0.15) is 30.8 Å². The molecule has 0 atom stereocenters. The lowest BCUT2D eigenvalue weighted by Gasteiger charge is -2.27. The van der Waals surface area contributed by atoms with Gasteiger partial charge in [-0.3, -0.25) is 4.57 Å². The van der Waals surface area contributed by atoms with E-state index in [1.54, 1.807) is 24.2 Å². The number of anilines is 1. The first-order valence-corrected chi connectivity index (χ1v) is 10.1. The normalized spacial score (nSPS) is 14.9. The predicted octanol–water partition coefficient (Wildman–Crippen LogP) is 3.59. The van der Waals surface area contributed by atoms with Crippen LogP contribution in [0.15, 0.2) is 34.2 Å². The number of furan rings is 1. The predicted molar refractivity (Wildman–Crippen MR) is 102 cm³/mol. The van der Waals surface area contributed by atoms with Gasteiger partial charge in [0, 0.05) is 20.1 Å². The van der Waals surface area contributed by atoms with Crippen molar-refractivity contribution >= 4 is 29.3 Å². The molecule has 0 radical (unpaired) electrons. The molecule has 0 saturated carbocycles. The second-order valence-corrected chi connectivity index (χ2v) is 7.67. The Morgan fingerprint density at radius 2 is 2.08 bits per heavy atom. The Bertz CT molecular complexity index is 853. The van der Waals surface area contributed by atoms with Crippen LogP contribution in [0.4, 0.5) is 5.95 Å². The zero-order valence-electron chi connectivity index (χ0n) is 14.6. The third-order valence-corrected chi connectivity index (χ3v) is 5.90. The smallest absolute Gasteiger partial charge is 0.228 e. The van der Waals surface area contributed by atoms with Crippen LogP contribution in [-0.4, -0.2) is 37.4 Å². The molecule has 4 heterocycles. The van der Waals surface area contributed by atoms with Crippen molar-refractivity contribution < 1.29 is 4.42 Å². The van der Waals surface area contributed by atoms with Crippen molar-refractivity contribution in [3.63, 3.8) is 0 Å². The molecule has 3 aromatic rings. The molecule has 0 unspecified atom stereocenters. The molecule has 0 amide bonds. The number of rotatable bonds is 6. The number of hydrogen-bond acceptors (Lipinski definition) is 6. The van der Waals surface area contributed by atoms with Crippen molar-refractivity contribution in [2.45, 2.75) is 36.7 Å². The fourth-order valence-electron chi connectivity index (χ4n) is 3.10. The van der Waals surface area contributed by atoms with Crippen molar-refractivity contribution in [1.29, 1.82) is 0 Å². The fourth-order valence-corrected chi connectivity index (χ4v) is 4.17. The Hall–Kier alpha value is -1.93. The maximum atomic E-state index is 6.08. The van der Waals surface area contributed by atoms with E-state index in [0.717, 1.165) is 35.8 Å². The molecule has 1 fully saturated rings. The van der Waals surface area contributed by atoms with Crippen molar-refractivity contribution in [1.82, 2.24) is 24.3 Å². The van der Waals surface area contributed by atoms with Crippen LogP contribution in [-0.2, 0) is 19.3 Å². The van der Waals surface area contributed by atoms with Crippen LogP contribution in [0.2, 0.25) is 5.15 Å². The molecule has 4 rings (SSSR count). The van der Waals surface area contributed by atoms with Gasteiger partial charge in [0.2, 0.25) is 5.95 Å². The molecule has 1 aliphatic rings. The van der Waals surface area contributed by atoms with Crippen molar-refractivity contribution in [3.05, 3.63) is 41.3 Å². The first-order valence-electron chi connectivity index (χ1n) is 8.72. The summed E-state index contributed by atoms with van der Waals surface area (Å²) in [4.78, 5) is 6.68. The highest BCUT2D eigenvalue weighted by molar-refractivity contribution is 7.98. The molecule has 0 aromatic carbocycles. The average Bonchev–Trinajstić information content (AvgIpc) is 3.38. The average molecular weight is 393 g/mol. The quantitative estimate of drug-likeness (QED) is 0.597. The number of imidazole rings is 1. The highest BCUT2D eigenvalue weighted by Crippen LogP contribution is 2.28. The largest absolute Gasteiger partial charge is 0.467 e. The number of hydrogen-bond donors (Lipinski definition) is 0. The molecule has 138 valence electrons. The molecule has 7 nitrogen and oxygen atoms in total. The molecule has 0 aliphatic carbocycles. The highest BCUT2D eigenvalue weighted by atomic mass is 35.5. The molecule has 0 N–H and O–H groups in total. The van der Waals surface area contributed by atoms with E-state index in [4.69, 9.17) is 16.0 Å². The van der Waals surface area contributed by atoms with Crippen LogP contribution < -0.4 is 4.90 Å². The lowest BCUT2D eigenvalue weighted by atomic mass is 10.1. The van der Waals surface area contributed by atoms with Gasteiger partial charge < -0.3 is 13.9 Å². The Labute approximate surface area is 161 Å². The van der Waals surface area contributed by atoms with Gasteiger partial charge in [0.15, 0.2) is 5.16 Å². The number of thioether (sulfide) groups is 1. The Morgan fingerprint density at radius 1 is 1.23 bits per heavy atom. The van der Waals surface area contributed by atoms with Gasteiger partial charge >= 0.3 is 0 Å². The number of aromatic nitrogens is 5. The minimum absolute atomic E-state index is 0.621. The zero-order chi connectivity index (χ0) is 17.9. The van der Waals surface area contributed by atoms with Gasteiger partial charge in [0.05, 0.1) is 24.8 Å². The first kappa shape index (κ1) is 17.5. The van der Waals surface area contributed by atoms with Gasteiger partial charge in [-0.05, 0) is 31.4 Å². The molecule has 0 bridgehead atoms. The van der Waals surface area contributed by atoms with Gasteiger partial charge in [0.25, 0.3) is 0 Å². The summed E-state index contributed by atoms with van der Waals surface area (Å²) in [5.74, 6) is 3.40. The first-order chi connectivity index (χ1) is 12.7. The summed E-state index contributed by atoms with van der Waals surface area (Å²) in [6, 6.07) is 3.88. The van der Waals surface area contributed by atoms with Crippen LogP contribution in [0.5, 0.6) is 0 Å². The Kier molecular flexibility index (Phi) is 5.21. The molecule has 3 aromatic heterocycles. The highest BCUT2D eigenvalue weighted by Gasteiger charge is 2.21. The van der Waals surface area contributed by atoms with E-state index in [2.05, 4.69) is 24.6 Å². The fraction of sp³-hybridized carbons (Fsp3) is 0.471. The van der Waals surface area contributed by atoms with E-state index in [9.17, 15) is 0 Å². The monoisotopic (exact) mass is 392 g/mol. The van der Waals surface area contributed by atoms with Gasteiger partial charge in [-0.15, -0.1) is 10.2 Å².